The van der Waals surface area contributed by atoms with Crippen molar-refractivity contribution in [3.05, 3.63) is 35.0 Å². The number of halogens is 6. The summed E-state index contributed by atoms with van der Waals surface area (Å²) < 4.78 is 90.8. The monoisotopic (exact) mass is 442 g/mol. The van der Waals surface area contributed by atoms with E-state index in [0.717, 1.165) is 6.92 Å². The van der Waals surface area contributed by atoms with Crippen molar-refractivity contribution in [2.24, 2.45) is 0 Å². The number of amides is 2. The van der Waals surface area contributed by atoms with Crippen LogP contribution < -0.4 is 20.1 Å². The molecule has 2 amide bonds. The Kier molecular flexibility index (Phi) is 6.42. The molecule has 7 nitrogen and oxygen atoms in total. The van der Waals surface area contributed by atoms with E-state index in [0.29, 0.717) is 0 Å². The number of urea groups is 1. The van der Waals surface area contributed by atoms with Gasteiger partial charge in [0.2, 0.25) is 0 Å². The van der Waals surface area contributed by atoms with Crippen molar-refractivity contribution in [3.8, 4) is 11.5 Å². The minimum Gasteiger partial charge on any atom is -0.497 e. The summed E-state index contributed by atoms with van der Waals surface area (Å²) in [5, 5.41) is 4.38. The molecule has 1 aliphatic heterocycles. The van der Waals surface area contributed by atoms with Crippen molar-refractivity contribution in [2.45, 2.75) is 31.4 Å². The molecule has 0 aromatic heterocycles. The lowest BCUT2D eigenvalue weighted by Crippen LogP contribution is -2.49. The van der Waals surface area contributed by atoms with Crippen LogP contribution in [0.2, 0.25) is 0 Å². The van der Waals surface area contributed by atoms with E-state index in [1.165, 1.54) is 32.4 Å². The van der Waals surface area contributed by atoms with E-state index in [1.54, 1.807) is 0 Å². The molecule has 2 rings (SSSR count). The summed E-state index contributed by atoms with van der Waals surface area (Å²) in [5.41, 5.74) is -0.907. The first kappa shape index (κ1) is 23.2. The van der Waals surface area contributed by atoms with Crippen molar-refractivity contribution < 1.29 is 50.1 Å². The Morgan fingerprint density at radius 2 is 1.67 bits per heavy atom. The fraction of sp³-hybridized carbons (Fsp3) is 0.412. The molecule has 2 N–H and O–H groups in total. The highest BCUT2D eigenvalue weighted by molar-refractivity contribution is 5.95. The van der Waals surface area contributed by atoms with Gasteiger partial charge in [-0.3, -0.25) is 0 Å². The molecule has 0 fully saturated rings. The SMILES string of the molecule is COc1ccc(OC)c([C@H]2NC(=O)NC(C)=C2C(=O)OC(C(F)(F)F)C(F)(F)F)c1. The lowest BCUT2D eigenvalue weighted by molar-refractivity contribution is -0.312. The van der Waals surface area contributed by atoms with Gasteiger partial charge < -0.3 is 24.8 Å². The second-order valence-electron chi connectivity index (χ2n) is 6.05. The topological polar surface area (TPSA) is 85.9 Å². The molecule has 30 heavy (non-hydrogen) atoms. The van der Waals surface area contributed by atoms with Gasteiger partial charge in [-0.05, 0) is 25.1 Å². The Bertz CT molecular complexity index is 851. The fourth-order valence-corrected chi connectivity index (χ4v) is 2.75. The molecule has 1 aromatic carbocycles. The first-order valence-corrected chi connectivity index (χ1v) is 8.14. The summed E-state index contributed by atoms with van der Waals surface area (Å²) in [6.45, 7) is 1.13. The van der Waals surface area contributed by atoms with Crippen molar-refractivity contribution in [1.82, 2.24) is 10.6 Å². The van der Waals surface area contributed by atoms with Crippen LogP contribution in [-0.2, 0) is 9.53 Å². The van der Waals surface area contributed by atoms with E-state index in [2.05, 4.69) is 15.4 Å². The Balaban J connectivity index is 2.54. The molecule has 0 aliphatic carbocycles. The second kappa shape index (κ2) is 8.32. The number of hydrogen-bond acceptors (Lipinski definition) is 5. The average molecular weight is 442 g/mol. The number of methoxy groups -OCH3 is 2. The summed E-state index contributed by atoms with van der Waals surface area (Å²) in [7, 11) is 2.55. The van der Waals surface area contributed by atoms with Crippen molar-refractivity contribution in [2.75, 3.05) is 14.2 Å². The molecule has 0 bridgehead atoms. The van der Waals surface area contributed by atoms with Crippen LogP contribution in [0.1, 0.15) is 18.5 Å². The van der Waals surface area contributed by atoms with Crippen LogP contribution in [-0.4, -0.2) is 44.7 Å². The summed E-state index contributed by atoms with van der Waals surface area (Å²) in [6.07, 6.45) is -16.1. The maximum absolute atomic E-state index is 12.8. The molecule has 0 saturated heterocycles. The van der Waals surface area contributed by atoms with Crippen LogP contribution in [0.3, 0.4) is 0 Å². The molecule has 1 heterocycles. The maximum atomic E-state index is 12.8. The van der Waals surface area contributed by atoms with Crippen LogP contribution in [0.25, 0.3) is 0 Å². The highest BCUT2D eigenvalue weighted by Crippen LogP contribution is 2.39. The second-order valence-corrected chi connectivity index (χ2v) is 6.05. The molecule has 13 heteroatoms. The van der Waals surface area contributed by atoms with Gasteiger partial charge in [0.15, 0.2) is 0 Å². The van der Waals surface area contributed by atoms with E-state index in [1.807, 2.05) is 0 Å². The molecule has 1 aromatic rings. The highest BCUT2D eigenvalue weighted by Gasteiger charge is 2.60. The van der Waals surface area contributed by atoms with Gasteiger partial charge in [-0.15, -0.1) is 0 Å². The number of nitrogens with one attached hydrogen (secondary N) is 2. The van der Waals surface area contributed by atoms with E-state index in [9.17, 15) is 35.9 Å². The van der Waals surface area contributed by atoms with Gasteiger partial charge in [0.25, 0.3) is 6.10 Å². The third kappa shape index (κ3) is 4.89. The largest absolute Gasteiger partial charge is 0.497 e. The summed E-state index contributed by atoms with van der Waals surface area (Å²) in [5.74, 6) is -1.61. The zero-order valence-corrected chi connectivity index (χ0v) is 15.7. The van der Waals surface area contributed by atoms with Gasteiger partial charge in [0.05, 0.1) is 25.8 Å². The third-order valence-corrected chi connectivity index (χ3v) is 4.06. The van der Waals surface area contributed by atoms with Crippen LogP contribution in [0.15, 0.2) is 29.5 Å². The quantitative estimate of drug-likeness (QED) is 0.540. The fourth-order valence-electron chi connectivity index (χ4n) is 2.75. The first-order chi connectivity index (χ1) is 13.8. The predicted octanol–water partition coefficient (Wildman–Crippen LogP) is 3.37. The standard InChI is InChI=1S/C17H16F6N2O5/c1-7-11(13(26)30-14(16(18,19)20)17(21,22)23)12(25-15(27)24-7)9-6-8(28-2)4-5-10(9)29-3/h4-6,12,14H,1-3H3,(H2,24,25,27)/t12-/m1/s1. The van der Waals surface area contributed by atoms with Gasteiger partial charge in [-0.2, -0.15) is 26.3 Å². The average Bonchev–Trinajstić information content (AvgIpc) is 2.62. The van der Waals surface area contributed by atoms with Gasteiger partial charge in [-0.25, -0.2) is 9.59 Å². The number of ether oxygens (including phenoxy) is 3. The minimum absolute atomic E-state index is 0.0496. The summed E-state index contributed by atoms with van der Waals surface area (Å²) >= 11 is 0. The number of benzene rings is 1. The Labute approximate surface area is 166 Å². The zero-order chi connectivity index (χ0) is 22.9. The molecule has 166 valence electrons. The Morgan fingerprint density at radius 1 is 1.07 bits per heavy atom. The summed E-state index contributed by atoms with van der Waals surface area (Å²) in [6, 6.07) is 1.83. The number of esters is 1. The number of alkyl halides is 6. The number of hydrogen-bond donors (Lipinski definition) is 2. The molecule has 0 spiro atoms. The van der Waals surface area contributed by atoms with Gasteiger partial charge >= 0.3 is 24.4 Å². The number of carbonyl (C=O) groups excluding carboxylic acids is 2. The molecule has 1 atom stereocenters. The third-order valence-electron chi connectivity index (χ3n) is 4.06. The lowest BCUT2D eigenvalue weighted by Gasteiger charge is -2.31. The molecular formula is C17H16F6N2O5. The number of allylic oxidation sites excluding steroid dienone is 1. The summed E-state index contributed by atoms with van der Waals surface area (Å²) in [4.78, 5) is 24.3. The van der Waals surface area contributed by atoms with E-state index >= 15 is 0 Å². The van der Waals surface area contributed by atoms with Crippen molar-refractivity contribution >= 4 is 12.0 Å². The maximum Gasteiger partial charge on any atom is 0.434 e. The molecule has 0 radical (unpaired) electrons. The Morgan fingerprint density at radius 3 is 2.17 bits per heavy atom. The van der Waals surface area contributed by atoms with Gasteiger partial charge in [-0.1, -0.05) is 0 Å². The number of carbonyl (C=O) groups is 2. The smallest absolute Gasteiger partial charge is 0.434 e. The highest BCUT2D eigenvalue weighted by atomic mass is 19.4. The van der Waals surface area contributed by atoms with Crippen LogP contribution in [0.4, 0.5) is 31.1 Å². The normalized spacial score (nSPS) is 17.4. The number of rotatable bonds is 5. The Hall–Kier alpha value is -3.12. The van der Waals surface area contributed by atoms with Crippen LogP contribution in [0, 0.1) is 0 Å². The molecular weight excluding hydrogens is 426 g/mol. The first-order valence-electron chi connectivity index (χ1n) is 8.14. The van der Waals surface area contributed by atoms with Crippen LogP contribution in [0.5, 0.6) is 11.5 Å². The lowest BCUT2D eigenvalue weighted by atomic mass is 9.94. The van der Waals surface area contributed by atoms with E-state index in [4.69, 9.17) is 9.47 Å². The molecule has 1 aliphatic rings. The van der Waals surface area contributed by atoms with Crippen LogP contribution >= 0.6 is 0 Å². The molecule has 0 unspecified atom stereocenters. The minimum atomic E-state index is -5.89. The van der Waals surface area contributed by atoms with Crippen molar-refractivity contribution in [3.63, 3.8) is 0 Å². The molecule has 0 saturated carbocycles. The van der Waals surface area contributed by atoms with E-state index in [-0.39, 0.29) is 22.8 Å². The predicted molar refractivity (Wildman–Crippen MR) is 88.6 cm³/mol. The van der Waals surface area contributed by atoms with Crippen molar-refractivity contribution in [1.29, 1.82) is 0 Å². The van der Waals surface area contributed by atoms with Gasteiger partial charge in [0, 0.05) is 11.3 Å². The van der Waals surface area contributed by atoms with Gasteiger partial charge in [0.1, 0.15) is 11.5 Å². The zero-order valence-electron chi connectivity index (χ0n) is 15.7. The van der Waals surface area contributed by atoms with E-state index < -0.39 is 42.1 Å².